The van der Waals surface area contributed by atoms with E-state index in [0.29, 0.717) is 22.2 Å². The predicted octanol–water partition coefficient (Wildman–Crippen LogP) is 2.87. The van der Waals surface area contributed by atoms with Crippen molar-refractivity contribution in [2.75, 3.05) is 19.8 Å². The quantitative estimate of drug-likeness (QED) is 0.484. The topological polar surface area (TPSA) is 94.6 Å². The second-order valence-corrected chi connectivity index (χ2v) is 6.40. The van der Waals surface area contributed by atoms with Gasteiger partial charge in [0.25, 0.3) is 0 Å². The summed E-state index contributed by atoms with van der Waals surface area (Å²) in [5.41, 5.74) is 1.63. The summed E-state index contributed by atoms with van der Waals surface area (Å²) < 4.78 is 46.2. The second-order valence-electron chi connectivity index (χ2n) is 6.40. The number of nitrogens with one attached hydrogen (secondary N) is 2. The van der Waals surface area contributed by atoms with Gasteiger partial charge in [0.1, 0.15) is 17.5 Å². The molecule has 0 bridgehead atoms. The third-order valence-electron chi connectivity index (χ3n) is 4.34. The van der Waals surface area contributed by atoms with Crippen LogP contribution in [0.3, 0.4) is 0 Å². The number of H-pyrrole nitrogens is 1. The fraction of sp³-hybridized carbons (Fsp3) is 0.250. The monoisotopic (exact) mass is 408 g/mol. The van der Waals surface area contributed by atoms with Crippen LogP contribution >= 0.6 is 0 Å². The van der Waals surface area contributed by atoms with E-state index < -0.39 is 36.3 Å². The number of aromatic nitrogens is 1. The van der Waals surface area contributed by atoms with Crippen molar-refractivity contribution in [1.82, 2.24) is 10.3 Å². The third-order valence-corrected chi connectivity index (χ3v) is 4.34. The van der Waals surface area contributed by atoms with Crippen molar-refractivity contribution in [2.24, 2.45) is 0 Å². The van der Waals surface area contributed by atoms with Crippen LogP contribution in [0.15, 0.2) is 36.4 Å². The van der Waals surface area contributed by atoms with E-state index in [9.17, 15) is 23.1 Å². The van der Waals surface area contributed by atoms with Gasteiger partial charge in [0.15, 0.2) is 0 Å². The molecule has 1 aromatic heterocycles. The molecule has 3 aromatic rings. The van der Waals surface area contributed by atoms with Gasteiger partial charge in [-0.05, 0) is 41.5 Å². The van der Waals surface area contributed by atoms with E-state index in [-0.39, 0.29) is 25.1 Å². The molecule has 1 unspecified atom stereocenters. The van der Waals surface area contributed by atoms with Crippen molar-refractivity contribution >= 4 is 17.0 Å². The van der Waals surface area contributed by atoms with Crippen molar-refractivity contribution in [3.63, 3.8) is 0 Å². The number of carbonyl (C=O) groups is 1. The molecular formula is C20H19F3N2O4. The Morgan fingerprint density at radius 2 is 1.86 bits per heavy atom. The first-order valence-corrected chi connectivity index (χ1v) is 8.84. The summed E-state index contributed by atoms with van der Waals surface area (Å²) >= 11 is 0. The van der Waals surface area contributed by atoms with Gasteiger partial charge in [-0.25, -0.2) is 18.0 Å². The summed E-state index contributed by atoms with van der Waals surface area (Å²) in [5.74, 6) is -1.96. The molecular weight excluding hydrogens is 389 g/mol. The largest absolute Gasteiger partial charge is 0.449 e. The first kappa shape index (κ1) is 20.7. The van der Waals surface area contributed by atoms with E-state index >= 15 is 0 Å². The Morgan fingerprint density at radius 3 is 2.55 bits per heavy atom. The normalized spacial score (nSPS) is 12.2. The molecule has 0 radical (unpaired) electrons. The SMILES string of the molecule is O=C(NCC(O)CO)OCCc1c(-c2ccc(F)cc2)[nH]c2c(F)cc(F)cc12. The standard InChI is InChI=1S/C20H19F3N2O4/c21-12-3-1-11(2-4-12)18-15(5-6-29-20(28)24-9-14(27)10-26)16-7-13(22)8-17(23)19(16)25-18/h1-4,7-8,14,25-27H,5-6,9-10H2,(H,24,28). The molecule has 154 valence electrons. The van der Waals surface area contributed by atoms with E-state index in [2.05, 4.69) is 10.3 Å². The molecule has 29 heavy (non-hydrogen) atoms. The van der Waals surface area contributed by atoms with E-state index in [1.54, 1.807) is 0 Å². The zero-order valence-electron chi connectivity index (χ0n) is 15.2. The van der Waals surface area contributed by atoms with Gasteiger partial charge in [0.05, 0.1) is 24.8 Å². The fourth-order valence-corrected chi connectivity index (χ4v) is 2.96. The second kappa shape index (κ2) is 8.97. The lowest BCUT2D eigenvalue weighted by atomic mass is 10.0. The zero-order chi connectivity index (χ0) is 21.0. The van der Waals surface area contributed by atoms with Crippen LogP contribution in [0.5, 0.6) is 0 Å². The number of aromatic amines is 1. The molecule has 1 amide bonds. The molecule has 1 heterocycles. The summed E-state index contributed by atoms with van der Waals surface area (Å²) in [6.45, 7) is -0.798. The number of hydrogen-bond acceptors (Lipinski definition) is 4. The van der Waals surface area contributed by atoms with Crippen LogP contribution in [-0.4, -0.2) is 47.2 Å². The number of aliphatic hydroxyl groups is 2. The minimum absolute atomic E-state index is 0.0937. The molecule has 1 atom stereocenters. The Labute approximate surface area is 163 Å². The molecule has 6 nitrogen and oxygen atoms in total. The molecule has 0 aliphatic heterocycles. The average Bonchev–Trinajstić information content (AvgIpc) is 3.05. The molecule has 0 saturated carbocycles. The molecule has 4 N–H and O–H groups in total. The van der Waals surface area contributed by atoms with E-state index in [1.165, 1.54) is 30.3 Å². The number of benzene rings is 2. The number of rotatable bonds is 7. The van der Waals surface area contributed by atoms with E-state index in [4.69, 9.17) is 9.84 Å². The molecule has 0 fully saturated rings. The van der Waals surface area contributed by atoms with Gasteiger partial charge in [-0.2, -0.15) is 0 Å². The third kappa shape index (κ3) is 4.87. The summed E-state index contributed by atoms with van der Waals surface area (Å²) in [6, 6.07) is 7.43. The van der Waals surface area contributed by atoms with Crippen molar-refractivity contribution in [3.8, 4) is 11.3 Å². The molecule has 9 heteroatoms. The molecule has 3 rings (SSSR count). The highest BCUT2D eigenvalue weighted by Gasteiger charge is 2.18. The number of ether oxygens (including phenoxy) is 1. The van der Waals surface area contributed by atoms with Crippen LogP contribution in [0.1, 0.15) is 5.56 Å². The maximum absolute atomic E-state index is 14.2. The molecule has 0 aliphatic rings. The Balaban J connectivity index is 1.84. The number of hydrogen-bond donors (Lipinski definition) is 4. The Kier molecular flexibility index (Phi) is 6.40. The zero-order valence-corrected chi connectivity index (χ0v) is 15.2. The van der Waals surface area contributed by atoms with Gasteiger partial charge in [0, 0.05) is 30.1 Å². The number of halogens is 3. The van der Waals surface area contributed by atoms with Gasteiger partial charge in [-0.15, -0.1) is 0 Å². The minimum atomic E-state index is -1.10. The molecule has 0 aliphatic carbocycles. The van der Waals surface area contributed by atoms with Crippen LogP contribution in [0.2, 0.25) is 0 Å². The van der Waals surface area contributed by atoms with Gasteiger partial charge < -0.3 is 25.3 Å². The first-order chi connectivity index (χ1) is 13.9. The number of aliphatic hydroxyl groups excluding tert-OH is 2. The first-order valence-electron chi connectivity index (χ1n) is 8.84. The smallest absolute Gasteiger partial charge is 0.407 e. The van der Waals surface area contributed by atoms with Gasteiger partial charge in [0.2, 0.25) is 0 Å². The van der Waals surface area contributed by atoms with Crippen LogP contribution < -0.4 is 5.32 Å². The minimum Gasteiger partial charge on any atom is -0.449 e. The summed E-state index contributed by atoms with van der Waals surface area (Å²) in [6.07, 6.45) is -1.78. The van der Waals surface area contributed by atoms with Crippen LogP contribution in [0.4, 0.5) is 18.0 Å². The summed E-state index contributed by atoms with van der Waals surface area (Å²) in [5, 5.41) is 20.5. The maximum Gasteiger partial charge on any atom is 0.407 e. The van der Waals surface area contributed by atoms with E-state index in [1.807, 2.05) is 0 Å². The van der Waals surface area contributed by atoms with Crippen LogP contribution in [-0.2, 0) is 11.2 Å². The van der Waals surface area contributed by atoms with Crippen molar-refractivity contribution in [3.05, 3.63) is 59.4 Å². The highest BCUT2D eigenvalue weighted by Crippen LogP contribution is 2.32. The number of amides is 1. The van der Waals surface area contributed by atoms with Gasteiger partial charge in [-0.3, -0.25) is 0 Å². The lowest BCUT2D eigenvalue weighted by Crippen LogP contribution is -2.34. The highest BCUT2D eigenvalue weighted by molar-refractivity contribution is 5.91. The molecule has 2 aromatic carbocycles. The van der Waals surface area contributed by atoms with Gasteiger partial charge in [-0.1, -0.05) is 0 Å². The number of alkyl carbamates (subject to hydrolysis) is 1. The van der Waals surface area contributed by atoms with Crippen LogP contribution in [0.25, 0.3) is 22.2 Å². The lowest BCUT2D eigenvalue weighted by molar-refractivity contribution is 0.0888. The Hall–Kier alpha value is -3.04. The number of carbonyl (C=O) groups excluding carboxylic acids is 1. The average molecular weight is 408 g/mol. The molecule has 0 spiro atoms. The highest BCUT2D eigenvalue weighted by atomic mass is 19.1. The Morgan fingerprint density at radius 1 is 1.14 bits per heavy atom. The summed E-state index contributed by atoms with van der Waals surface area (Å²) in [7, 11) is 0. The summed E-state index contributed by atoms with van der Waals surface area (Å²) in [4.78, 5) is 14.6. The van der Waals surface area contributed by atoms with Crippen molar-refractivity contribution < 1.29 is 32.9 Å². The Bertz CT molecular complexity index is 1010. The van der Waals surface area contributed by atoms with E-state index in [0.717, 1.165) is 6.07 Å². The maximum atomic E-state index is 14.2. The predicted molar refractivity (Wildman–Crippen MR) is 99.8 cm³/mol. The number of fused-ring (bicyclic) bond motifs is 1. The molecule has 0 saturated heterocycles. The lowest BCUT2D eigenvalue weighted by Gasteiger charge is -2.10. The van der Waals surface area contributed by atoms with Gasteiger partial charge >= 0.3 is 6.09 Å². The van der Waals surface area contributed by atoms with Crippen LogP contribution in [0, 0.1) is 17.5 Å². The van der Waals surface area contributed by atoms with Crippen molar-refractivity contribution in [1.29, 1.82) is 0 Å². The van der Waals surface area contributed by atoms with Crippen molar-refractivity contribution in [2.45, 2.75) is 12.5 Å². The fourth-order valence-electron chi connectivity index (χ4n) is 2.96.